The Kier molecular flexibility index (Phi) is 15.3. The molecule has 0 radical (unpaired) electrons. The molecule has 0 aliphatic carbocycles. The van der Waals surface area contributed by atoms with Crippen molar-refractivity contribution in [3.8, 4) is 0 Å². The predicted octanol–water partition coefficient (Wildman–Crippen LogP) is 2.82. The molecule has 0 aliphatic rings. The Bertz CT molecular complexity index is 1200. The molecule has 0 amide bonds. The van der Waals surface area contributed by atoms with Crippen molar-refractivity contribution in [2.24, 2.45) is 0 Å². The van der Waals surface area contributed by atoms with E-state index in [0.717, 1.165) is 16.7 Å². The zero-order valence-electron chi connectivity index (χ0n) is 19.3. The summed E-state index contributed by atoms with van der Waals surface area (Å²) < 4.78 is 91.9. The molecule has 0 heterocycles. The van der Waals surface area contributed by atoms with E-state index in [4.69, 9.17) is 4.55 Å². The van der Waals surface area contributed by atoms with Crippen molar-refractivity contribution in [2.75, 3.05) is 0 Å². The molecule has 10 nitrogen and oxygen atoms in total. The van der Waals surface area contributed by atoms with Crippen LogP contribution in [0.1, 0.15) is 16.7 Å². The summed E-state index contributed by atoms with van der Waals surface area (Å²) in [6, 6.07) is 17.6. The largest absolute Gasteiger partial charge is 2.00 e. The van der Waals surface area contributed by atoms with E-state index in [-0.39, 0.29) is 58.6 Å². The predicted molar refractivity (Wildman–Crippen MR) is 130 cm³/mol. The molecule has 0 fully saturated rings. The van der Waals surface area contributed by atoms with E-state index in [2.05, 4.69) is 0 Å². The second kappa shape index (κ2) is 15.0. The number of hydrogen-bond acceptors (Lipinski definition) is 9. The van der Waals surface area contributed by atoms with Crippen LogP contribution in [-0.2, 0) is 30.4 Å². The molecule has 188 valence electrons. The molecular weight excluding hydrogens is 547 g/mol. The van der Waals surface area contributed by atoms with Gasteiger partial charge in [-0.05, 0) is 57.2 Å². The van der Waals surface area contributed by atoms with Gasteiger partial charge in [-0.15, -0.1) is 0 Å². The Balaban J connectivity index is 0. The van der Waals surface area contributed by atoms with Gasteiger partial charge in [0.1, 0.15) is 20.2 Å². The van der Waals surface area contributed by atoms with Gasteiger partial charge in [-0.3, -0.25) is 4.55 Å². The van der Waals surface area contributed by atoms with E-state index >= 15 is 0 Å². The van der Waals surface area contributed by atoms with Gasteiger partial charge in [0, 0.05) is 0 Å². The number of benzene rings is 3. The van der Waals surface area contributed by atoms with Gasteiger partial charge in [0.2, 0.25) is 0 Å². The number of hydrogen-bond donors (Lipinski definition) is 2. The van der Waals surface area contributed by atoms with Crippen LogP contribution < -0.4 is 6.15 Å². The number of aryl methyl sites for hydroxylation is 3. The molecule has 35 heavy (non-hydrogen) atoms. The van der Waals surface area contributed by atoms with E-state index in [1.807, 2.05) is 20.8 Å². The fourth-order valence-corrected chi connectivity index (χ4v) is 3.54. The minimum Gasteiger partial charge on any atom is -0.744 e. The zero-order valence-corrected chi connectivity index (χ0v) is 23.9. The van der Waals surface area contributed by atoms with Gasteiger partial charge >= 0.3 is 37.7 Å². The third-order valence-corrected chi connectivity index (χ3v) is 6.51. The Morgan fingerprint density at radius 1 is 0.514 bits per heavy atom. The summed E-state index contributed by atoms with van der Waals surface area (Å²) in [5.74, 6) is 0. The van der Waals surface area contributed by atoms with Crippen molar-refractivity contribution >= 4 is 68.1 Å². The fraction of sp³-hybridized carbons (Fsp3) is 0.143. The van der Waals surface area contributed by atoms with Crippen molar-refractivity contribution in [2.45, 2.75) is 35.5 Å². The first-order valence-corrected chi connectivity index (χ1v) is 13.3. The van der Waals surface area contributed by atoms with Crippen LogP contribution in [0.25, 0.3) is 0 Å². The van der Waals surface area contributed by atoms with Crippen LogP contribution in [0.15, 0.2) is 87.5 Å². The van der Waals surface area contributed by atoms with Gasteiger partial charge in [0.25, 0.3) is 10.1 Å². The first-order chi connectivity index (χ1) is 15.0. The maximum Gasteiger partial charge on any atom is 2.00 e. The first-order valence-electron chi connectivity index (χ1n) is 9.09. The van der Waals surface area contributed by atoms with Gasteiger partial charge in [0.15, 0.2) is 0 Å². The molecule has 0 bridgehead atoms. The van der Waals surface area contributed by atoms with Crippen LogP contribution in [0.4, 0.5) is 0 Å². The molecule has 0 saturated carbocycles. The van der Waals surface area contributed by atoms with E-state index in [1.165, 1.54) is 36.4 Å². The summed E-state index contributed by atoms with van der Waals surface area (Å²) in [5.41, 5.74) is 2.81. The van der Waals surface area contributed by atoms with Gasteiger partial charge in [-0.2, -0.15) is 8.42 Å². The standard InChI is InChI=1S/3C7H8O3S.Ca.H3N/c3*1-6-2-4-7(5-3-6)11(8,9)10;;/h3*2-5H,1H3,(H,8,9,10);;1H3/q;;;+2;/p-2. The summed E-state index contributed by atoms with van der Waals surface area (Å²) in [5, 5.41) is 0. The maximum atomic E-state index is 10.5. The van der Waals surface area contributed by atoms with Crippen molar-refractivity contribution < 1.29 is 38.9 Å². The van der Waals surface area contributed by atoms with Crippen LogP contribution in [0.3, 0.4) is 0 Å². The normalized spacial score (nSPS) is 10.8. The molecular formula is C21H25CaNO9S3. The zero-order chi connectivity index (χ0) is 25.4. The van der Waals surface area contributed by atoms with Crippen molar-refractivity contribution in [1.82, 2.24) is 6.15 Å². The summed E-state index contributed by atoms with van der Waals surface area (Å²) in [6.07, 6.45) is 0. The minimum absolute atomic E-state index is 0. The fourth-order valence-electron chi connectivity index (χ4n) is 2.12. The SMILES string of the molecule is Cc1ccc(S(=O)(=O)O)cc1.Cc1ccc(S(=O)(=O)[O-])cc1.Cc1ccc(S(=O)(=O)[O-])cc1.N.[Ca+2]. The monoisotopic (exact) mass is 571 g/mol. The summed E-state index contributed by atoms with van der Waals surface area (Å²) in [4.78, 5) is -0.422. The average Bonchev–Trinajstić information content (AvgIpc) is 2.68. The summed E-state index contributed by atoms with van der Waals surface area (Å²) in [7, 11) is -12.6. The molecule has 4 N–H and O–H groups in total. The second-order valence-corrected chi connectivity index (χ2v) is 11.0. The molecule has 0 aliphatic heterocycles. The van der Waals surface area contributed by atoms with Crippen LogP contribution in [0.2, 0.25) is 0 Å². The Morgan fingerprint density at radius 3 is 0.886 bits per heavy atom. The molecule has 0 spiro atoms. The van der Waals surface area contributed by atoms with Crippen LogP contribution >= 0.6 is 0 Å². The minimum atomic E-state index is -4.27. The van der Waals surface area contributed by atoms with E-state index in [0.29, 0.717) is 0 Å². The molecule has 3 aromatic rings. The van der Waals surface area contributed by atoms with Crippen LogP contribution in [0.5, 0.6) is 0 Å². The Hall–Kier alpha value is -1.39. The van der Waals surface area contributed by atoms with Crippen LogP contribution in [-0.4, -0.2) is 76.6 Å². The quantitative estimate of drug-likeness (QED) is 0.347. The first kappa shape index (κ1) is 35.8. The molecule has 0 aromatic heterocycles. The smallest absolute Gasteiger partial charge is 0.744 e. The van der Waals surface area contributed by atoms with Gasteiger partial charge in [0.05, 0.1) is 14.7 Å². The molecule has 0 saturated heterocycles. The Labute approximate surface area is 236 Å². The van der Waals surface area contributed by atoms with Crippen molar-refractivity contribution in [3.63, 3.8) is 0 Å². The third kappa shape index (κ3) is 14.1. The van der Waals surface area contributed by atoms with E-state index in [1.54, 1.807) is 36.4 Å². The van der Waals surface area contributed by atoms with Gasteiger partial charge in [-0.1, -0.05) is 53.1 Å². The van der Waals surface area contributed by atoms with Crippen molar-refractivity contribution in [3.05, 3.63) is 89.5 Å². The number of rotatable bonds is 3. The molecule has 14 heteroatoms. The van der Waals surface area contributed by atoms with Gasteiger partial charge in [-0.25, -0.2) is 16.8 Å². The maximum absolute atomic E-state index is 10.5. The molecule has 0 atom stereocenters. The third-order valence-electron chi connectivity index (χ3n) is 3.94. The summed E-state index contributed by atoms with van der Waals surface area (Å²) in [6.45, 7) is 5.48. The average molecular weight is 572 g/mol. The Morgan fingerprint density at radius 2 is 0.714 bits per heavy atom. The van der Waals surface area contributed by atoms with Crippen LogP contribution in [0, 0.1) is 20.8 Å². The van der Waals surface area contributed by atoms with Crippen molar-refractivity contribution in [1.29, 1.82) is 0 Å². The van der Waals surface area contributed by atoms with E-state index < -0.39 is 30.4 Å². The molecule has 0 unspecified atom stereocenters. The van der Waals surface area contributed by atoms with Gasteiger partial charge < -0.3 is 15.3 Å². The molecule has 3 rings (SSSR count). The summed E-state index contributed by atoms with van der Waals surface area (Å²) >= 11 is 0. The second-order valence-electron chi connectivity index (χ2n) is 6.82. The van der Waals surface area contributed by atoms with E-state index in [9.17, 15) is 34.4 Å². The topological polar surface area (TPSA) is 204 Å². The molecule has 3 aromatic carbocycles.